The molecule has 0 bridgehead atoms. The van der Waals surface area contributed by atoms with E-state index in [1.165, 1.54) is 11.3 Å². The van der Waals surface area contributed by atoms with Crippen molar-refractivity contribution in [3.8, 4) is 0 Å². The first-order valence-corrected chi connectivity index (χ1v) is 10.1. The third-order valence-corrected chi connectivity index (χ3v) is 5.58. The highest BCUT2D eigenvalue weighted by Gasteiger charge is 2.27. The topological polar surface area (TPSA) is 48.7 Å². The number of furan rings is 1. The average Bonchev–Trinajstić information content (AvgIpc) is 3.33. The first-order valence-electron chi connectivity index (χ1n) is 10.1. The summed E-state index contributed by atoms with van der Waals surface area (Å²) in [5.74, 6) is 0.623. The fourth-order valence-corrected chi connectivity index (χ4v) is 3.93. The van der Waals surface area contributed by atoms with Crippen LogP contribution in [0.2, 0.25) is 0 Å². The van der Waals surface area contributed by atoms with Crippen molar-refractivity contribution >= 4 is 17.3 Å². The Kier molecular flexibility index (Phi) is 5.56. The first kappa shape index (κ1) is 19.1. The molecule has 5 nitrogen and oxygen atoms in total. The van der Waals surface area contributed by atoms with Crippen LogP contribution in [0.3, 0.4) is 0 Å². The Hall–Kier alpha value is -3.21. The Morgan fingerprint density at radius 3 is 2.72 bits per heavy atom. The monoisotopic (exact) mass is 389 g/mol. The van der Waals surface area contributed by atoms with Crippen LogP contribution in [-0.4, -0.2) is 32.1 Å². The summed E-state index contributed by atoms with van der Waals surface area (Å²) in [6, 6.07) is 20.7. The van der Waals surface area contributed by atoms with Crippen molar-refractivity contribution in [3.63, 3.8) is 0 Å². The molecular formula is C24H27N3O2. The lowest BCUT2D eigenvalue weighted by molar-refractivity contribution is 0.0952. The van der Waals surface area contributed by atoms with Gasteiger partial charge in [-0.1, -0.05) is 36.4 Å². The lowest BCUT2D eigenvalue weighted by atomic mass is 10.1. The molecular weight excluding hydrogens is 362 g/mol. The van der Waals surface area contributed by atoms with E-state index in [2.05, 4.69) is 58.4 Å². The highest BCUT2D eigenvalue weighted by atomic mass is 16.3. The maximum Gasteiger partial charge on any atom is 0.254 e. The molecule has 2 aromatic carbocycles. The number of para-hydroxylation sites is 2. The van der Waals surface area contributed by atoms with Crippen molar-refractivity contribution in [1.29, 1.82) is 0 Å². The van der Waals surface area contributed by atoms with E-state index < -0.39 is 0 Å². The highest BCUT2D eigenvalue weighted by Crippen LogP contribution is 2.33. The summed E-state index contributed by atoms with van der Waals surface area (Å²) in [5, 5.41) is 3.02. The molecule has 1 aromatic heterocycles. The summed E-state index contributed by atoms with van der Waals surface area (Å²) in [4.78, 5) is 17.2. The smallest absolute Gasteiger partial charge is 0.254 e. The van der Waals surface area contributed by atoms with E-state index >= 15 is 0 Å². The van der Waals surface area contributed by atoms with E-state index in [0.29, 0.717) is 30.5 Å². The number of hydrogen-bond donors (Lipinski definition) is 1. The molecule has 1 aliphatic rings. The molecule has 1 amide bonds. The van der Waals surface area contributed by atoms with Crippen LogP contribution in [0.15, 0.2) is 71.3 Å². The Labute approximate surface area is 171 Å². The van der Waals surface area contributed by atoms with E-state index in [9.17, 15) is 4.79 Å². The molecule has 0 saturated heterocycles. The van der Waals surface area contributed by atoms with Crippen molar-refractivity contribution < 1.29 is 9.21 Å². The quantitative estimate of drug-likeness (QED) is 0.661. The number of amides is 1. The van der Waals surface area contributed by atoms with Gasteiger partial charge in [0.25, 0.3) is 5.91 Å². The average molecular weight is 389 g/mol. The standard InChI is InChI=1S/C24H27N3O2/c1-18-16-19-8-6-7-11-22(19)27(18)17-23-21(12-15-29-23)24(28)25-13-14-26(2)20-9-4-3-5-10-20/h3-12,15,18H,13-14,16-17H2,1-2H3,(H,25,28). The van der Waals surface area contributed by atoms with Gasteiger partial charge in [0.1, 0.15) is 5.76 Å². The summed E-state index contributed by atoms with van der Waals surface area (Å²) in [6.45, 7) is 4.11. The van der Waals surface area contributed by atoms with Gasteiger partial charge in [-0.05, 0) is 43.2 Å². The molecule has 150 valence electrons. The van der Waals surface area contributed by atoms with Gasteiger partial charge >= 0.3 is 0 Å². The number of carbonyl (C=O) groups excluding carboxylic acids is 1. The zero-order chi connectivity index (χ0) is 20.2. The summed E-state index contributed by atoms with van der Waals surface area (Å²) in [5.41, 5.74) is 4.32. The fraction of sp³-hybridized carbons (Fsp3) is 0.292. The molecule has 1 N–H and O–H groups in total. The van der Waals surface area contributed by atoms with Crippen LogP contribution in [0.1, 0.15) is 28.6 Å². The predicted molar refractivity (Wildman–Crippen MR) is 117 cm³/mol. The number of nitrogens with zero attached hydrogens (tertiary/aromatic N) is 2. The molecule has 0 saturated carbocycles. The van der Waals surface area contributed by atoms with Crippen LogP contribution in [-0.2, 0) is 13.0 Å². The zero-order valence-electron chi connectivity index (χ0n) is 17.0. The number of hydrogen-bond acceptors (Lipinski definition) is 4. The molecule has 3 aromatic rings. The third-order valence-electron chi connectivity index (χ3n) is 5.58. The second-order valence-electron chi connectivity index (χ2n) is 7.58. The van der Waals surface area contributed by atoms with Crippen LogP contribution in [0.4, 0.5) is 11.4 Å². The summed E-state index contributed by atoms with van der Waals surface area (Å²) < 4.78 is 5.69. The number of likely N-dealkylation sites (N-methyl/N-ethyl adjacent to an activating group) is 1. The Balaban J connectivity index is 1.37. The minimum Gasteiger partial charge on any atom is -0.467 e. The molecule has 1 unspecified atom stereocenters. The molecule has 0 spiro atoms. The van der Waals surface area contributed by atoms with Gasteiger partial charge in [0.2, 0.25) is 0 Å². The normalized spacial score (nSPS) is 15.2. The first-order chi connectivity index (χ1) is 14.1. The van der Waals surface area contributed by atoms with Crippen molar-refractivity contribution in [2.75, 3.05) is 29.9 Å². The van der Waals surface area contributed by atoms with Gasteiger partial charge in [0.15, 0.2) is 0 Å². The van der Waals surface area contributed by atoms with Crippen LogP contribution in [0, 0.1) is 0 Å². The minimum absolute atomic E-state index is 0.0876. The molecule has 0 radical (unpaired) electrons. The molecule has 5 heteroatoms. The predicted octanol–water partition coefficient (Wildman–Crippen LogP) is 4.10. The number of fused-ring (bicyclic) bond motifs is 1. The number of rotatable bonds is 7. The lowest BCUT2D eigenvalue weighted by Gasteiger charge is -2.24. The lowest BCUT2D eigenvalue weighted by Crippen LogP contribution is -2.34. The van der Waals surface area contributed by atoms with Crippen molar-refractivity contribution in [2.24, 2.45) is 0 Å². The summed E-state index contributed by atoms with van der Waals surface area (Å²) in [7, 11) is 2.02. The zero-order valence-corrected chi connectivity index (χ0v) is 17.0. The van der Waals surface area contributed by atoms with E-state index in [-0.39, 0.29) is 5.91 Å². The largest absolute Gasteiger partial charge is 0.467 e. The molecule has 1 aliphatic heterocycles. The number of anilines is 2. The molecule has 1 atom stereocenters. The SMILES string of the molecule is CC1Cc2ccccc2N1Cc1occc1C(=O)NCCN(C)c1ccccc1. The number of carbonyl (C=O) groups is 1. The Bertz CT molecular complexity index is 967. The Morgan fingerprint density at radius 2 is 1.90 bits per heavy atom. The summed E-state index contributed by atoms with van der Waals surface area (Å²) >= 11 is 0. The third kappa shape index (κ3) is 4.14. The molecule has 4 rings (SSSR count). The van der Waals surface area contributed by atoms with Gasteiger partial charge < -0.3 is 19.5 Å². The van der Waals surface area contributed by atoms with Crippen LogP contribution >= 0.6 is 0 Å². The van der Waals surface area contributed by atoms with E-state index in [1.54, 1.807) is 12.3 Å². The van der Waals surface area contributed by atoms with Gasteiger partial charge in [0, 0.05) is 37.6 Å². The number of nitrogens with one attached hydrogen (secondary N) is 1. The van der Waals surface area contributed by atoms with Crippen molar-refractivity contribution in [1.82, 2.24) is 5.32 Å². The van der Waals surface area contributed by atoms with Gasteiger partial charge in [-0.3, -0.25) is 4.79 Å². The highest BCUT2D eigenvalue weighted by molar-refractivity contribution is 5.95. The van der Waals surface area contributed by atoms with E-state index in [4.69, 9.17) is 4.42 Å². The van der Waals surface area contributed by atoms with Crippen molar-refractivity contribution in [3.05, 3.63) is 83.8 Å². The minimum atomic E-state index is -0.0876. The van der Waals surface area contributed by atoms with Crippen LogP contribution in [0.5, 0.6) is 0 Å². The maximum atomic E-state index is 12.7. The molecule has 29 heavy (non-hydrogen) atoms. The second kappa shape index (κ2) is 8.43. The maximum absolute atomic E-state index is 12.7. The Morgan fingerprint density at radius 1 is 1.14 bits per heavy atom. The van der Waals surface area contributed by atoms with Gasteiger partial charge in [-0.15, -0.1) is 0 Å². The fourth-order valence-electron chi connectivity index (χ4n) is 3.93. The summed E-state index contributed by atoms with van der Waals surface area (Å²) in [6.07, 6.45) is 2.62. The van der Waals surface area contributed by atoms with E-state index in [1.807, 2.05) is 25.2 Å². The van der Waals surface area contributed by atoms with E-state index in [0.717, 1.165) is 18.7 Å². The van der Waals surface area contributed by atoms with Gasteiger partial charge in [-0.2, -0.15) is 0 Å². The van der Waals surface area contributed by atoms with Gasteiger partial charge in [-0.25, -0.2) is 0 Å². The molecule has 0 aliphatic carbocycles. The number of benzene rings is 2. The molecule has 2 heterocycles. The van der Waals surface area contributed by atoms with Gasteiger partial charge in [0.05, 0.1) is 18.4 Å². The molecule has 0 fully saturated rings. The van der Waals surface area contributed by atoms with Crippen molar-refractivity contribution in [2.45, 2.75) is 25.9 Å². The second-order valence-corrected chi connectivity index (χ2v) is 7.58. The van der Waals surface area contributed by atoms with Crippen LogP contribution < -0.4 is 15.1 Å². The van der Waals surface area contributed by atoms with Crippen LogP contribution in [0.25, 0.3) is 0 Å².